The van der Waals surface area contributed by atoms with Gasteiger partial charge in [-0.1, -0.05) is 59.4 Å². The minimum absolute atomic E-state index is 0.0563. The minimum atomic E-state index is -0.252. The van der Waals surface area contributed by atoms with Gasteiger partial charge in [0.05, 0.1) is 19.3 Å². The Hall–Kier alpha value is -2.47. The molecule has 2 aromatic carbocycles. The fourth-order valence-electron chi connectivity index (χ4n) is 2.34. The topological polar surface area (TPSA) is 62.3 Å². The van der Waals surface area contributed by atoms with Crippen LogP contribution >= 0.6 is 11.3 Å². The lowest BCUT2D eigenvalue weighted by molar-refractivity contribution is 0.316. The van der Waals surface area contributed by atoms with Gasteiger partial charge in [0.1, 0.15) is 5.75 Å². The summed E-state index contributed by atoms with van der Waals surface area (Å²) in [4.78, 5) is 13.9. The van der Waals surface area contributed by atoms with Crippen LogP contribution in [-0.2, 0) is 6.42 Å². The first kappa shape index (κ1) is 16.4. The molecule has 120 valence electrons. The van der Waals surface area contributed by atoms with E-state index in [2.05, 4.69) is 4.98 Å². The number of hydrogen-bond donors (Lipinski definition) is 2. The van der Waals surface area contributed by atoms with E-state index in [1.807, 2.05) is 54.6 Å². The first-order valence-electron chi connectivity index (χ1n) is 7.55. The Morgan fingerprint density at radius 2 is 1.83 bits per heavy atom. The van der Waals surface area contributed by atoms with Gasteiger partial charge in [-0.2, -0.15) is 0 Å². The summed E-state index contributed by atoms with van der Waals surface area (Å²) in [6, 6.07) is 17.4. The Morgan fingerprint density at radius 3 is 2.46 bits per heavy atom. The van der Waals surface area contributed by atoms with Crippen molar-refractivity contribution in [3.8, 4) is 11.6 Å². The first-order valence-corrected chi connectivity index (χ1v) is 8.36. The molecule has 0 bridgehead atoms. The van der Waals surface area contributed by atoms with E-state index >= 15 is 0 Å². The van der Waals surface area contributed by atoms with Crippen LogP contribution in [0.1, 0.15) is 21.8 Å². The van der Waals surface area contributed by atoms with Gasteiger partial charge in [0.2, 0.25) is 5.88 Å². The van der Waals surface area contributed by atoms with E-state index in [4.69, 9.17) is 12.6 Å². The molecule has 0 amide bonds. The fourth-order valence-corrected chi connectivity index (χ4v) is 3.10. The second-order valence-electron chi connectivity index (χ2n) is 5.44. The highest BCUT2D eigenvalue weighted by molar-refractivity contribution is 7.09. The van der Waals surface area contributed by atoms with Gasteiger partial charge in [-0.15, -0.1) is 0 Å². The van der Waals surface area contributed by atoms with Crippen molar-refractivity contribution >= 4 is 19.2 Å². The summed E-state index contributed by atoms with van der Waals surface area (Å²) < 4.78 is 5.73. The monoisotopic (exact) mass is 337 g/mol. The number of H-pyrrole nitrogens is 1. The molecule has 0 fully saturated rings. The van der Waals surface area contributed by atoms with Crippen molar-refractivity contribution in [3.63, 3.8) is 0 Å². The second kappa shape index (κ2) is 7.40. The molecule has 1 atom stereocenters. The quantitative estimate of drug-likeness (QED) is 0.680. The summed E-state index contributed by atoms with van der Waals surface area (Å²) in [6.07, 6.45) is 0.499. The summed E-state index contributed by atoms with van der Waals surface area (Å²) >= 11 is 1.02. The maximum atomic E-state index is 11.2. The van der Waals surface area contributed by atoms with Gasteiger partial charge < -0.3 is 9.84 Å². The third-order valence-corrected chi connectivity index (χ3v) is 4.52. The van der Waals surface area contributed by atoms with Crippen molar-refractivity contribution in [1.82, 2.24) is 4.98 Å². The molecule has 24 heavy (non-hydrogen) atoms. The third-order valence-electron chi connectivity index (χ3n) is 3.65. The van der Waals surface area contributed by atoms with Gasteiger partial charge in [-0.25, -0.2) is 0 Å². The Morgan fingerprint density at radius 1 is 1.12 bits per heavy atom. The SMILES string of the molecule is [B]C(COc1ccc(Cc2sc(=O)[nH]c2O)cc1)c1ccccc1. The standard InChI is InChI=1S/C18H16BNO3S/c19-15(13-4-2-1-3-5-13)11-23-14-8-6-12(7-9-14)10-16-17(21)20-18(22)24-16/h1-9,15,21H,10-11H2,(H,20,22). The maximum Gasteiger partial charge on any atom is 0.307 e. The molecule has 0 saturated carbocycles. The molecule has 3 rings (SSSR count). The van der Waals surface area contributed by atoms with E-state index in [1.54, 1.807) is 0 Å². The number of rotatable bonds is 6. The van der Waals surface area contributed by atoms with Crippen LogP contribution in [0.25, 0.3) is 0 Å². The molecule has 0 aliphatic rings. The van der Waals surface area contributed by atoms with Crippen LogP contribution in [0.2, 0.25) is 0 Å². The minimum Gasteiger partial charge on any atom is -0.494 e. The molecule has 1 unspecified atom stereocenters. The lowest BCUT2D eigenvalue weighted by Gasteiger charge is -2.14. The lowest BCUT2D eigenvalue weighted by atomic mass is 9.82. The van der Waals surface area contributed by atoms with Crippen molar-refractivity contribution in [2.24, 2.45) is 0 Å². The molecule has 4 nitrogen and oxygen atoms in total. The average molecular weight is 337 g/mol. The van der Waals surface area contributed by atoms with Gasteiger partial charge in [-0.05, 0) is 23.5 Å². The molecule has 0 aliphatic heterocycles. The van der Waals surface area contributed by atoms with Crippen LogP contribution in [0.3, 0.4) is 0 Å². The predicted octanol–water partition coefficient (Wildman–Crippen LogP) is 3.02. The number of ether oxygens (including phenoxy) is 1. The summed E-state index contributed by atoms with van der Waals surface area (Å²) in [5.41, 5.74) is 2.02. The summed E-state index contributed by atoms with van der Waals surface area (Å²) in [7, 11) is 6.11. The molecular weight excluding hydrogens is 321 g/mol. The molecule has 2 radical (unpaired) electrons. The largest absolute Gasteiger partial charge is 0.494 e. The number of hydrogen-bond acceptors (Lipinski definition) is 4. The van der Waals surface area contributed by atoms with Crippen LogP contribution in [0.15, 0.2) is 59.4 Å². The number of thiazole rings is 1. The molecular formula is C18H16BNO3S. The van der Waals surface area contributed by atoms with Crippen molar-refractivity contribution in [3.05, 3.63) is 80.3 Å². The molecule has 1 heterocycles. The Bertz CT molecular complexity index is 843. The van der Waals surface area contributed by atoms with Crippen molar-refractivity contribution < 1.29 is 9.84 Å². The second-order valence-corrected chi connectivity index (χ2v) is 6.50. The van der Waals surface area contributed by atoms with Crippen LogP contribution in [-0.4, -0.2) is 24.5 Å². The van der Waals surface area contributed by atoms with Crippen LogP contribution in [0.4, 0.5) is 0 Å². The molecule has 0 saturated heterocycles. The summed E-state index contributed by atoms with van der Waals surface area (Å²) in [6.45, 7) is 0.392. The van der Waals surface area contributed by atoms with Crippen LogP contribution in [0, 0.1) is 0 Å². The number of aromatic amines is 1. The zero-order valence-electron chi connectivity index (χ0n) is 12.9. The Kier molecular flexibility index (Phi) is 5.06. The Labute approximate surface area is 145 Å². The van der Waals surface area contributed by atoms with E-state index in [0.29, 0.717) is 17.9 Å². The lowest BCUT2D eigenvalue weighted by Crippen LogP contribution is -2.10. The highest BCUT2D eigenvalue weighted by Crippen LogP contribution is 2.22. The predicted molar refractivity (Wildman–Crippen MR) is 96.3 cm³/mol. The van der Waals surface area contributed by atoms with Gasteiger partial charge in [0, 0.05) is 6.42 Å². The first-order chi connectivity index (χ1) is 11.6. The zero-order valence-corrected chi connectivity index (χ0v) is 13.8. The van der Waals surface area contributed by atoms with Gasteiger partial charge in [-0.3, -0.25) is 9.78 Å². The number of benzene rings is 2. The van der Waals surface area contributed by atoms with E-state index in [1.165, 1.54) is 0 Å². The molecule has 6 heteroatoms. The third kappa shape index (κ3) is 4.08. The van der Waals surface area contributed by atoms with E-state index < -0.39 is 0 Å². The molecule has 0 spiro atoms. The maximum absolute atomic E-state index is 11.2. The van der Waals surface area contributed by atoms with E-state index in [-0.39, 0.29) is 16.6 Å². The molecule has 1 aromatic heterocycles. The normalized spacial score (nSPS) is 12.0. The van der Waals surface area contributed by atoms with Crippen LogP contribution < -0.4 is 9.61 Å². The van der Waals surface area contributed by atoms with Crippen molar-refractivity contribution in [2.45, 2.75) is 12.2 Å². The highest BCUT2D eigenvalue weighted by atomic mass is 32.1. The van der Waals surface area contributed by atoms with Gasteiger partial charge in [0.25, 0.3) is 0 Å². The average Bonchev–Trinajstić information content (AvgIpc) is 2.92. The molecule has 3 aromatic rings. The number of aromatic hydroxyl groups is 1. The van der Waals surface area contributed by atoms with Crippen molar-refractivity contribution in [2.75, 3.05) is 6.61 Å². The number of nitrogens with one attached hydrogen (secondary N) is 1. The summed E-state index contributed by atoms with van der Waals surface area (Å²) in [5, 5.41) is 9.62. The summed E-state index contributed by atoms with van der Waals surface area (Å²) in [5.74, 6) is 0.496. The van der Waals surface area contributed by atoms with Gasteiger partial charge >= 0.3 is 4.87 Å². The zero-order chi connectivity index (χ0) is 16.9. The Balaban J connectivity index is 1.58. The van der Waals surface area contributed by atoms with Crippen molar-refractivity contribution in [1.29, 1.82) is 0 Å². The van der Waals surface area contributed by atoms with E-state index in [0.717, 1.165) is 28.2 Å². The molecule has 0 aliphatic carbocycles. The highest BCUT2D eigenvalue weighted by Gasteiger charge is 2.08. The number of aromatic nitrogens is 1. The van der Waals surface area contributed by atoms with E-state index in [9.17, 15) is 9.90 Å². The smallest absolute Gasteiger partial charge is 0.307 e. The van der Waals surface area contributed by atoms with Gasteiger partial charge in [0.15, 0.2) is 0 Å². The molecule has 2 N–H and O–H groups in total. The fraction of sp³-hybridized carbons (Fsp3) is 0.167. The van der Waals surface area contributed by atoms with Crippen LogP contribution in [0.5, 0.6) is 11.6 Å².